The average Bonchev–Trinajstić information content (AvgIpc) is 2.14. The lowest BCUT2D eigenvalue weighted by atomic mass is 9.84. The van der Waals surface area contributed by atoms with Crippen molar-refractivity contribution in [1.29, 1.82) is 0 Å². The van der Waals surface area contributed by atoms with Crippen molar-refractivity contribution in [2.75, 3.05) is 39.3 Å². The summed E-state index contributed by atoms with van der Waals surface area (Å²) >= 11 is 0. The van der Waals surface area contributed by atoms with E-state index < -0.39 is 0 Å². The van der Waals surface area contributed by atoms with Gasteiger partial charge >= 0.3 is 0 Å². The summed E-state index contributed by atoms with van der Waals surface area (Å²) in [7, 11) is 0. The molecule has 1 saturated heterocycles. The molecule has 1 aliphatic heterocycles. The number of hydrogen-bond donors (Lipinski definition) is 1. The molecule has 1 aliphatic carbocycles. The summed E-state index contributed by atoms with van der Waals surface area (Å²) in [6, 6.07) is 0.728. The van der Waals surface area contributed by atoms with Gasteiger partial charge in [-0.15, -0.1) is 0 Å². The van der Waals surface area contributed by atoms with Gasteiger partial charge in [0, 0.05) is 45.3 Å². The normalized spacial score (nSPS) is 30.4. The van der Waals surface area contributed by atoms with Crippen LogP contribution in [0.1, 0.15) is 26.2 Å². The molecule has 2 fully saturated rings. The predicted octanol–water partition coefficient (Wildman–Crippen LogP) is 0.751. The molecule has 2 rings (SSSR count). The van der Waals surface area contributed by atoms with Crippen molar-refractivity contribution in [2.45, 2.75) is 32.2 Å². The van der Waals surface area contributed by atoms with Gasteiger partial charge in [0.05, 0.1) is 0 Å². The highest BCUT2D eigenvalue weighted by atomic mass is 15.3. The van der Waals surface area contributed by atoms with Gasteiger partial charge in [0.15, 0.2) is 0 Å². The van der Waals surface area contributed by atoms with Crippen LogP contribution in [0.4, 0.5) is 0 Å². The van der Waals surface area contributed by atoms with Crippen molar-refractivity contribution >= 4 is 0 Å². The third-order valence-electron chi connectivity index (χ3n) is 4.01. The van der Waals surface area contributed by atoms with E-state index in [1.165, 1.54) is 45.4 Å². The highest BCUT2D eigenvalue weighted by Gasteiger charge is 2.27. The van der Waals surface area contributed by atoms with E-state index in [2.05, 4.69) is 16.7 Å². The summed E-state index contributed by atoms with van der Waals surface area (Å²) in [4.78, 5) is 5.18. The first-order chi connectivity index (χ1) is 7.29. The Morgan fingerprint density at radius 2 is 2.07 bits per heavy atom. The second-order valence-electron chi connectivity index (χ2n) is 5.23. The molecular formula is C12H25N3. The molecule has 3 heteroatoms. The molecule has 88 valence electrons. The van der Waals surface area contributed by atoms with Gasteiger partial charge in [-0.25, -0.2) is 0 Å². The molecule has 0 spiro atoms. The van der Waals surface area contributed by atoms with Crippen LogP contribution in [0.15, 0.2) is 0 Å². The minimum Gasteiger partial charge on any atom is -0.329 e. The molecule has 0 aromatic heterocycles. The van der Waals surface area contributed by atoms with E-state index in [1.54, 1.807) is 0 Å². The van der Waals surface area contributed by atoms with E-state index in [4.69, 9.17) is 5.73 Å². The molecular weight excluding hydrogens is 186 g/mol. The smallest absolute Gasteiger partial charge is 0.0195 e. The quantitative estimate of drug-likeness (QED) is 0.745. The maximum Gasteiger partial charge on any atom is 0.0195 e. The van der Waals surface area contributed by atoms with Gasteiger partial charge < -0.3 is 5.73 Å². The van der Waals surface area contributed by atoms with Crippen LogP contribution >= 0.6 is 0 Å². The zero-order valence-electron chi connectivity index (χ0n) is 9.99. The fourth-order valence-corrected chi connectivity index (χ4v) is 2.73. The molecule has 2 aliphatic rings. The third kappa shape index (κ3) is 2.92. The Hall–Kier alpha value is -0.120. The Bertz CT molecular complexity index is 191. The Morgan fingerprint density at radius 1 is 1.27 bits per heavy atom. The van der Waals surface area contributed by atoms with Crippen LogP contribution in [0.2, 0.25) is 0 Å². The number of nitrogens with two attached hydrogens (primary N) is 1. The minimum atomic E-state index is 0.728. The van der Waals surface area contributed by atoms with Crippen LogP contribution in [0.25, 0.3) is 0 Å². The van der Waals surface area contributed by atoms with Gasteiger partial charge in [0.2, 0.25) is 0 Å². The van der Waals surface area contributed by atoms with Crippen LogP contribution in [0.3, 0.4) is 0 Å². The first-order valence-corrected chi connectivity index (χ1v) is 6.46. The molecule has 15 heavy (non-hydrogen) atoms. The molecule has 3 nitrogen and oxygen atoms in total. The maximum absolute atomic E-state index is 5.60. The van der Waals surface area contributed by atoms with Gasteiger partial charge in [0.25, 0.3) is 0 Å². The largest absolute Gasteiger partial charge is 0.329 e. The Kier molecular flexibility index (Phi) is 4.00. The second-order valence-corrected chi connectivity index (χ2v) is 5.23. The summed E-state index contributed by atoms with van der Waals surface area (Å²) in [5.74, 6) is 1.01. The Balaban J connectivity index is 1.73. The zero-order valence-corrected chi connectivity index (χ0v) is 9.99. The average molecular weight is 211 g/mol. The van der Waals surface area contributed by atoms with E-state index in [-0.39, 0.29) is 0 Å². The van der Waals surface area contributed by atoms with E-state index in [0.29, 0.717) is 0 Å². The number of rotatable bonds is 4. The molecule has 2 N–H and O–H groups in total. The molecule has 0 radical (unpaired) electrons. The molecule has 1 unspecified atom stereocenters. The highest BCUT2D eigenvalue weighted by molar-refractivity contribution is 4.82. The van der Waals surface area contributed by atoms with Gasteiger partial charge in [0.1, 0.15) is 0 Å². The molecule has 0 aromatic rings. The van der Waals surface area contributed by atoms with Crippen LogP contribution in [-0.2, 0) is 0 Å². The molecule has 1 heterocycles. The topological polar surface area (TPSA) is 32.5 Å². The Labute approximate surface area is 93.6 Å². The van der Waals surface area contributed by atoms with Crippen LogP contribution < -0.4 is 5.73 Å². The molecule has 0 aromatic carbocycles. The van der Waals surface area contributed by atoms with Crippen LogP contribution in [0, 0.1) is 5.92 Å². The minimum absolute atomic E-state index is 0.728. The monoisotopic (exact) mass is 211 g/mol. The van der Waals surface area contributed by atoms with E-state index in [1.807, 2.05) is 0 Å². The molecule has 0 amide bonds. The predicted molar refractivity (Wildman–Crippen MR) is 63.9 cm³/mol. The van der Waals surface area contributed by atoms with Crippen LogP contribution in [0.5, 0.6) is 0 Å². The summed E-state index contributed by atoms with van der Waals surface area (Å²) in [5.41, 5.74) is 5.60. The fourth-order valence-electron chi connectivity index (χ4n) is 2.73. The van der Waals surface area contributed by atoms with Crippen molar-refractivity contribution in [2.24, 2.45) is 11.7 Å². The summed E-state index contributed by atoms with van der Waals surface area (Å²) in [6.07, 6.45) is 4.40. The van der Waals surface area contributed by atoms with E-state index >= 15 is 0 Å². The third-order valence-corrected chi connectivity index (χ3v) is 4.01. The number of nitrogens with zero attached hydrogens (tertiary/aromatic N) is 2. The van der Waals surface area contributed by atoms with Crippen molar-refractivity contribution < 1.29 is 0 Å². The second kappa shape index (κ2) is 5.28. The molecule has 1 saturated carbocycles. The Morgan fingerprint density at radius 3 is 2.60 bits per heavy atom. The van der Waals surface area contributed by atoms with Crippen molar-refractivity contribution in [3.05, 3.63) is 0 Å². The lowest BCUT2D eigenvalue weighted by molar-refractivity contribution is 0.0593. The van der Waals surface area contributed by atoms with Crippen molar-refractivity contribution in [3.8, 4) is 0 Å². The SMILES string of the molecule is CC1CN(CCN)CCN1CC1CCC1. The lowest BCUT2D eigenvalue weighted by Crippen LogP contribution is -2.54. The van der Waals surface area contributed by atoms with Crippen molar-refractivity contribution in [3.63, 3.8) is 0 Å². The van der Waals surface area contributed by atoms with Gasteiger partial charge in [-0.3, -0.25) is 9.80 Å². The van der Waals surface area contributed by atoms with Gasteiger partial charge in [-0.05, 0) is 25.7 Å². The highest BCUT2D eigenvalue weighted by Crippen LogP contribution is 2.28. The zero-order chi connectivity index (χ0) is 10.7. The molecule has 0 bridgehead atoms. The van der Waals surface area contributed by atoms with Crippen molar-refractivity contribution in [1.82, 2.24) is 9.80 Å². The number of piperazine rings is 1. The first-order valence-electron chi connectivity index (χ1n) is 6.46. The summed E-state index contributed by atoms with van der Waals surface area (Å²) in [6.45, 7) is 9.26. The molecule has 1 atom stereocenters. The standard InChI is InChI=1S/C12H25N3/c1-11-9-14(6-5-13)7-8-15(11)10-12-3-2-4-12/h11-12H,2-10,13H2,1H3. The van der Waals surface area contributed by atoms with E-state index in [9.17, 15) is 0 Å². The first kappa shape index (κ1) is 11.4. The van der Waals surface area contributed by atoms with E-state index in [0.717, 1.165) is 25.0 Å². The van der Waals surface area contributed by atoms with Gasteiger partial charge in [-0.2, -0.15) is 0 Å². The van der Waals surface area contributed by atoms with Crippen LogP contribution in [-0.4, -0.2) is 55.1 Å². The summed E-state index contributed by atoms with van der Waals surface area (Å²) in [5, 5.41) is 0. The lowest BCUT2D eigenvalue weighted by Gasteiger charge is -2.42. The van der Waals surface area contributed by atoms with Gasteiger partial charge in [-0.1, -0.05) is 6.42 Å². The number of hydrogen-bond acceptors (Lipinski definition) is 3. The summed E-state index contributed by atoms with van der Waals surface area (Å²) < 4.78 is 0. The maximum atomic E-state index is 5.60. The fraction of sp³-hybridized carbons (Fsp3) is 1.00.